The first-order chi connectivity index (χ1) is 10.6. The number of aromatic amines is 1. The summed E-state index contributed by atoms with van der Waals surface area (Å²) in [5.74, 6) is 0.863. The van der Waals surface area contributed by atoms with Crippen LogP contribution in [0.2, 0.25) is 0 Å². The monoisotopic (exact) mass is 407 g/mol. The maximum Gasteiger partial charge on any atom is 0.164 e. The van der Waals surface area contributed by atoms with Crippen LogP contribution in [0.1, 0.15) is 5.56 Å². The van der Waals surface area contributed by atoms with Gasteiger partial charge in [0, 0.05) is 14.5 Å². The number of H-pyrrole nitrogens is 1. The van der Waals surface area contributed by atoms with Crippen molar-refractivity contribution in [1.82, 2.24) is 10.2 Å². The maximum atomic E-state index is 13.6. The Bertz CT molecular complexity index is 917. The molecule has 1 aromatic heterocycles. The number of benzene rings is 2. The SMILES string of the molecule is NC1=NCN(c2n[nH]c3ccc(F)cc23)c2ccc(I)cc21. The van der Waals surface area contributed by atoms with Gasteiger partial charge in [-0.25, -0.2) is 9.38 Å². The molecule has 110 valence electrons. The highest BCUT2D eigenvalue weighted by molar-refractivity contribution is 14.1. The summed E-state index contributed by atoms with van der Waals surface area (Å²) in [7, 11) is 0. The van der Waals surface area contributed by atoms with Crippen LogP contribution in [0.3, 0.4) is 0 Å². The molecule has 3 N–H and O–H groups in total. The molecule has 1 aliphatic rings. The molecule has 0 saturated heterocycles. The lowest BCUT2D eigenvalue weighted by Gasteiger charge is -2.27. The number of halogens is 2. The smallest absolute Gasteiger partial charge is 0.164 e. The molecule has 5 nitrogen and oxygen atoms in total. The van der Waals surface area contributed by atoms with Gasteiger partial charge in [-0.15, -0.1) is 0 Å². The van der Waals surface area contributed by atoms with Gasteiger partial charge >= 0.3 is 0 Å². The van der Waals surface area contributed by atoms with Crippen molar-refractivity contribution in [2.45, 2.75) is 0 Å². The Kier molecular flexibility index (Phi) is 3.03. The number of amidine groups is 1. The topological polar surface area (TPSA) is 70.3 Å². The van der Waals surface area contributed by atoms with E-state index in [0.717, 1.165) is 25.7 Å². The number of fused-ring (bicyclic) bond motifs is 2. The normalized spacial score (nSPS) is 14.1. The molecule has 0 saturated carbocycles. The predicted octanol–water partition coefficient (Wildman–Crippen LogP) is 3.12. The van der Waals surface area contributed by atoms with Crippen LogP contribution in [0.4, 0.5) is 15.9 Å². The zero-order valence-corrected chi connectivity index (χ0v) is 13.5. The summed E-state index contributed by atoms with van der Waals surface area (Å²) >= 11 is 2.23. The highest BCUT2D eigenvalue weighted by Crippen LogP contribution is 2.35. The van der Waals surface area contributed by atoms with Crippen molar-refractivity contribution in [3.8, 4) is 0 Å². The Hall–Kier alpha value is -2.16. The van der Waals surface area contributed by atoms with Crippen LogP contribution in [-0.2, 0) is 0 Å². The van der Waals surface area contributed by atoms with Crippen molar-refractivity contribution < 1.29 is 4.39 Å². The van der Waals surface area contributed by atoms with Gasteiger partial charge in [-0.1, -0.05) is 0 Å². The van der Waals surface area contributed by atoms with Crippen molar-refractivity contribution in [2.24, 2.45) is 10.7 Å². The van der Waals surface area contributed by atoms with Crippen LogP contribution in [0.5, 0.6) is 0 Å². The standard InChI is InChI=1S/C15H11FIN5/c16-8-1-3-12-10(5-8)15(21-20-12)22-7-19-14(18)11-6-9(17)2-4-13(11)22/h1-6H,7H2,(H2,18,19)(H,20,21). The molecule has 2 aromatic carbocycles. The summed E-state index contributed by atoms with van der Waals surface area (Å²) in [4.78, 5) is 6.28. The number of aliphatic imine (C=N–C) groups is 1. The Balaban J connectivity index is 1.92. The molecule has 2 heterocycles. The van der Waals surface area contributed by atoms with Gasteiger partial charge in [-0.2, -0.15) is 5.10 Å². The fourth-order valence-corrected chi connectivity index (χ4v) is 3.11. The van der Waals surface area contributed by atoms with Crippen molar-refractivity contribution in [1.29, 1.82) is 0 Å². The molecule has 0 amide bonds. The van der Waals surface area contributed by atoms with Crippen LogP contribution >= 0.6 is 22.6 Å². The van der Waals surface area contributed by atoms with Gasteiger partial charge in [0.25, 0.3) is 0 Å². The van der Waals surface area contributed by atoms with Gasteiger partial charge < -0.3 is 10.6 Å². The number of nitrogens with zero attached hydrogens (tertiary/aromatic N) is 3. The molecule has 0 radical (unpaired) electrons. The number of aromatic nitrogens is 2. The molecule has 0 spiro atoms. The van der Waals surface area contributed by atoms with E-state index in [2.05, 4.69) is 37.8 Å². The number of anilines is 2. The number of hydrogen-bond donors (Lipinski definition) is 2. The lowest BCUT2D eigenvalue weighted by Crippen LogP contribution is -2.29. The molecule has 7 heteroatoms. The lowest BCUT2D eigenvalue weighted by atomic mass is 10.1. The van der Waals surface area contributed by atoms with Crippen molar-refractivity contribution >= 4 is 50.8 Å². The minimum atomic E-state index is -0.294. The maximum absolute atomic E-state index is 13.6. The van der Waals surface area contributed by atoms with E-state index < -0.39 is 0 Å². The molecule has 0 unspecified atom stereocenters. The molecular formula is C15H11FIN5. The van der Waals surface area contributed by atoms with E-state index in [1.807, 2.05) is 23.1 Å². The average molecular weight is 407 g/mol. The Morgan fingerprint density at radius 3 is 2.95 bits per heavy atom. The summed E-state index contributed by atoms with van der Waals surface area (Å²) in [6.07, 6.45) is 0. The third-order valence-corrected chi connectivity index (χ3v) is 4.34. The third kappa shape index (κ3) is 2.04. The molecule has 0 bridgehead atoms. The van der Waals surface area contributed by atoms with E-state index in [0.29, 0.717) is 18.3 Å². The molecule has 0 aliphatic carbocycles. The molecule has 1 aliphatic heterocycles. The number of hydrogen-bond acceptors (Lipinski definition) is 4. The zero-order chi connectivity index (χ0) is 15.3. The van der Waals surface area contributed by atoms with Gasteiger partial charge in [0.2, 0.25) is 0 Å². The van der Waals surface area contributed by atoms with Crippen LogP contribution in [-0.4, -0.2) is 22.7 Å². The van der Waals surface area contributed by atoms with Gasteiger partial charge in [-0.05, 0) is 59.0 Å². The summed E-state index contributed by atoms with van der Waals surface area (Å²) in [6.45, 7) is 0.357. The molecule has 0 atom stereocenters. The molecule has 3 aromatic rings. The summed E-state index contributed by atoms with van der Waals surface area (Å²) in [5.41, 5.74) is 8.57. The largest absolute Gasteiger partial charge is 0.383 e. The minimum Gasteiger partial charge on any atom is -0.383 e. The van der Waals surface area contributed by atoms with Gasteiger partial charge in [-0.3, -0.25) is 5.10 Å². The highest BCUT2D eigenvalue weighted by atomic mass is 127. The van der Waals surface area contributed by atoms with Crippen molar-refractivity contribution in [2.75, 3.05) is 11.6 Å². The first kappa shape index (κ1) is 13.5. The van der Waals surface area contributed by atoms with Gasteiger partial charge in [0.1, 0.15) is 18.3 Å². The van der Waals surface area contributed by atoms with Gasteiger partial charge in [0.05, 0.1) is 11.2 Å². The first-order valence-corrected chi connectivity index (χ1v) is 7.72. The minimum absolute atomic E-state index is 0.294. The zero-order valence-electron chi connectivity index (χ0n) is 11.3. The highest BCUT2D eigenvalue weighted by Gasteiger charge is 2.23. The van der Waals surface area contributed by atoms with Crippen LogP contribution in [0, 0.1) is 9.39 Å². The molecule has 0 fully saturated rings. The fourth-order valence-electron chi connectivity index (χ4n) is 2.62. The second-order valence-electron chi connectivity index (χ2n) is 5.01. The van der Waals surface area contributed by atoms with Crippen LogP contribution in [0.15, 0.2) is 41.4 Å². The van der Waals surface area contributed by atoms with Crippen molar-refractivity contribution in [3.63, 3.8) is 0 Å². The van der Waals surface area contributed by atoms with E-state index in [1.165, 1.54) is 12.1 Å². The van der Waals surface area contributed by atoms with Crippen LogP contribution in [0.25, 0.3) is 10.9 Å². The Morgan fingerprint density at radius 2 is 2.09 bits per heavy atom. The van der Waals surface area contributed by atoms with Crippen LogP contribution < -0.4 is 10.6 Å². The quantitative estimate of drug-likeness (QED) is 0.610. The van der Waals surface area contributed by atoms with E-state index in [1.54, 1.807) is 6.07 Å². The third-order valence-electron chi connectivity index (χ3n) is 3.67. The predicted molar refractivity (Wildman–Crippen MR) is 92.9 cm³/mol. The second kappa shape index (κ2) is 4.94. The first-order valence-electron chi connectivity index (χ1n) is 6.64. The van der Waals surface area contributed by atoms with Gasteiger partial charge in [0.15, 0.2) is 5.82 Å². The number of nitrogens with two attached hydrogens (primary N) is 1. The van der Waals surface area contributed by atoms with Crippen molar-refractivity contribution in [3.05, 3.63) is 51.3 Å². The van der Waals surface area contributed by atoms with E-state index in [4.69, 9.17) is 5.73 Å². The molecular weight excluding hydrogens is 396 g/mol. The number of rotatable bonds is 1. The molecule has 4 rings (SSSR count). The Labute approximate surface area is 139 Å². The second-order valence-corrected chi connectivity index (χ2v) is 6.26. The van der Waals surface area contributed by atoms with E-state index >= 15 is 0 Å². The fraction of sp³-hybridized carbons (Fsp3) is 0.0667. The summed E-state index contributed by atoms with van der Waals surface area (Å²) in [6, 6.07) is 10.5. The molecule has 22 heavy (non-hydrogen) atoms. The lowest BCUT2D eigenvalue weighted by molar-refractivity contribution is 0.629. The number of nitrogens with one attached hydrogen (secondary N) is 1. The van der Waals surface area contributed by atoms with E-state index in [9.17, 15) is 4.39 Å². The summed E-state index contributed by atoms with van der Waals surface area (Å²) < 4.78 is 14.6. The average Bonchev–Trinajstić information content (AvgIpc) is 2.91. The Morgan fingerprint density at radius 1 is 1.23 bits per heavy atom. The van der Waals surface area contributed by atoms with E-state index in [-0.39, 0.29) is 5.82 Å². The summed E-state index contributed by atoms with van der Waals surface area (Å²) in [5, 5.41) is 7.98.